The van der Waals surface area contributed by atoms with Crippen LogP contribution in [0.5, 0.6) is 0 Å². The monoisotopic (exact) mass is 308 g/mol. The molecular weight excluding hydrogens is 296 g/mol. The third-order valence-electron chi connectivity index (χ3n) is 1.89. The van der Waals surface area contributed by atoms with Gasteiger partial charge >= 0.3 is 0 Å². The maximum absolute atomic E-state index is 11.8. The second kappa shape index (κ2) is 5.62. The number of hydrogen-bond donors (Lipinski definition) is 3. The predicted molar refractivity (Wildman–Crippen MR) is 65.4 cm³/mol. The molecule has 0 aliphatic rings. The number of halogens is 1. The number of rotatable bonds is 5. The van der Waals surface area contributed by atoms with Gasteiger partial charge in [0.2, 0.25) is 10.0 Å². The van der Waals surface area contributed by atoms with Crippen LogP contribution in [0.3, 0.4) is 0 Å². The van der Waals surface area contributed by atoms with Crippen molar-refractivity contribution in [2.24, 2.45) is 0 Å². The van der Waals surface area contributed by atoms with Crippen LogP contribution < -0.4 is 10.5 Å². The Labute approximate surface area is 103 Å². The Hall–Kier alpha value is -0.630. The van der Waals surface area contributed by atoms with Crippen LogP contribution in [0.2, 0.25) is 0 Å². The molecule has 0 fully saturated rings. The highest BCUT2D eigenvalue weighted by Crippen LogP contribution is 2.22. The van der Waals surface area contributed by atoms with Crippen molar-refractivity contribution in [2.45, 2.75) is 11.3 Å². The summed E-state index contributed by atoms with van der Waals surface area (Å²) in [6.07, 6.45) is 0.371. The third-order valence-corrected chi connectivity index (χ3v) is 3.92. The molecule has 0 saturated heterocycles. The largest absolute Gasteiger partial charge is 0.398 e. The van der Waals surface area contributed by atoms with Crippen molar-refractivity contribution >= 4 is 31.6 Å². The lowest BCUT2D eigenvalue weighted by atomic mass is 10.3. The summed E-state index contributed by atoms with van der Waals surface area (Å²) in [4.78, 5) is 0.0497. The summed E-state index contributed by atoms with van der Waals surface area (Å²) in [5.41, 5.74) is 5.80. The summed E-state index contributed by atoms with van der Waals surface area (Å²) in [6, 6.07) is 4.57. The lowest BCUT2D eigenvalue weighted by Crippen LogP contribution is -2.26. The van der Waals surface area contributed by atoms with Gasteiger partial charge in [-0.1, -0.05) is 15.9 Å². The molecule has 90 valence electrons. The maximum Gasteiger partial charge on any atom is 0.242 e. The summed E-state index contributed by atoms with van der Waals surface area (Å²) < 4.78 is 26.6. The lowest BCUT2D eigenvalue weighted by molar-refractivity contribution is 0.289. The van der Waals surface area contributed by atoms with Crippen molar-refractivity contribution < 1.29 is 13.5 Å². The topological polar surface area (TPSA) is 92.4 Å². The number of anilines is 1. The molecule has 1 aromatic rings. The summed E-state index contributed by atoms with van der Waals surface area (Å²) >= 11 is 3.20. The highest BCUT2D eigenvalue weighted by atomic mass is 79.9. The number of benzene rings is 1. The van der Waals surface area contributed by atoms with Gasteiger partial charge in [-0.15, -0.1) is 0 Å². The van der Waals surface area contributed by atoms with Crippen molar-refractivity contribution in [3.05, 3.63) is 22.7 Å². The smallest absolute Gasteiger partial charge is 0.242 e. The van der Waals surface area contributed by atoms with Gasteiger partial charge in [-0.2, -0.15) is 0 Å². The van der Waals surface area contributed by atoms with Gasteiger partial charge in [-0.25, -0.2) is 13.1 Å². The third kappa shape index (κ3) is 3.44. The minimum Gasteiger partial charge on any atom is -0.398 e. The number of sulfonamides is 1. The Morgan fingerprint density at radius 3 is 2.69 bits per heavy atom. The van der Waals surface area contributed by atoms with Gasteiger partial charge in [0.15, 0.2) is 0 Å². The van der Waals surface area contributed by atoms with Gasteiger partial charge in [0.1, 0.15) is 4.90 Å². The average Bonchev–Trinajstić information content (AvgIpc) is 2.17. The summed E-state index contributed by atoms with van der Waals surface area (Å²) in [5.74, 6) is 0. The van der Waals surface area contributed by atoms with Gasteiger partial charge in [0, 0.05) is 17.6 Å². The molecule has 4 N–H and O–H groups in total. The van der Waals surface area contributed by atoms with E-state index in [1.165, 1.54) is 12.1 Å². The normalized spacial score (nSPS) is 11.6. The molecule has 0 aliphatic heterocycles. The molecular formula is C9H13BrN2O3S. The first kappa shape index (κ1) is 13.4. The first-order valence-electron chi connectivity index (χ1n) is 4.63. The van der Waals surface area contributed by atoms with E-state index in [-0.39, 0.29) is 23.7 Å². The van der Waals surface area contributed by atoms with Gasteiger partial charge in [-0.05, 0) is 24.6 Å². The molecule has 0 radical (unpaired) electrons. The standard InChI is InChI=1S/C9H13BrN2O3S/c10-7-2-3-9(8(11)6-7)16(14,15)12-4-1-5-13/h2-3,6,12-13H,1,4-5,11H2. The molecule has 16 heavy (non-hydrogen) atoms. The fourth-order valence-electron chi connectivity index (χ4n) is 1.13. The zero-order valence-electron chi connectivity index (χ0n) is 8.48. The Kier molecular flexibility index (Phi) is 4.72. The van der Waals surface area contributed by atoms with Crippen molar-refractivity contribution in [3.63, 3.8) is 0 Å². The van der Waals surface area contributed by atoms with E-state index in [9.17, 15) is 8.42 Å². The van der Waals surface area contributed by atoms with Crippen LogP contribution in [-0.2, 0) is 10.0 Å². The zero-order chi connectivity index (χ0) is 12.2. The minimum atomic E-state index is -3.59. The van der Waals surface area contributed by atoms with E-state index < -0.39 is 10.0 Å². The Morgan fingerprint density at radius 1 is 1.44 bits per heavy atom. The van der Waals surface area contributed by atoms with Crippen LogP contribution in [-0.4, -0.2) is 26.7 Å². The molecule has 0 amide bonds. The molecule has 0 aliphatic carbocycles. The molecule has 0 heterocycles. The van der Waals surface area contributed by atoms with Gasteiger partial charge in [0.05, 0.1) is 5.69 Å². The van der Waals surface area contributed by atoms with Crippen molar-refractivity contribution in [3.8, 4) is 0 Å². The first-order valence-corrected chi connectivity index (χ1v) is 6.90. The first-order chi connectivity index (χ1) is 7.47. The van der Waals surface area contributed by atoms with Crippen LogP contribution in [0.25, 0.3) is 0 Å². The number of aliphatic hydroxyl groups is 1. The maximum atomic E-state index is 11.8. The molecule has 0 saturated carbocycles. The molecule has 0 spiro atoms. The van der Waals surface area contributed by atoms with Gasteiger partial charge in [-0.3, -0.25) is 0 Å². The zero-order valence-corrected chi connectivity index (χ0v) is 10.9. The van der Waals surface area contributed by atoms with E-state index in [1.807, 2.05) is 0 Å². The van der Waals surface area contributed by atoms with Crippen LogP contribution in [0.15, 0.2) is 27.6 Å². The lowest BCUT2D eigenvalue weighted by Gasteiger charge is -2.08. The highest BCUT2D eigenvalue weighted by Gasteiger charge is 2.16. The van der Waals surface area contributed by atoms with Crippen LogP contribution in [0, 0.1) is 0 Å². The number of hydrogen-bond acceptors (Lipinski definition) is 4. The Balaban J connectivity index is 2.90. The van der Waals surface area contributed by atoms with E-state index in [1.54, 1.807) is 6.07 Å². The van der Waals surface area contributed by atoms with Crippen LogP contribution in [0.1, 0.15) is 6.42 Å². The Bertz CT molecular complexity index is 462. The average molecular weight is 309 g/mol. The number of nitrogen functional groups attached to an aromatic ring is 1. The van der Waals surface area contributed by atoms with E-state index in [2.05, 4.69) is 20.7 Å². The number of nitrogens with two attached hydrogens (primary N) is 1. The molecule has 1 aromatic carbocycles. The highest BCUT2D eigenvalue weighted by molar-refractivity contribution is 9.10. The van der Waals surface area contributed by atoms with E-state index in [0.29, 0.717) is 6.42 Å². The van der Waals surface area contributed by atoms with Gasteiger partial charge < -0.3 is 10.8 Å². The second-order valence-corrected chi connectivity index (χ2v) is 5.81. The fraction of sp³-hybridized carbons (Fsp3) is 0.333. The predicted octanol–water partition coefficient (Wildman–Crippen LogP) is 0.692. The summed E-state index contributed by atoms with van der Waals surface area (Å²) in [6.45, 7) is 0.132. The minimum absolute atomic E-state index is 0.0497. The van der Waals surface area contributed by atoms with E-state index in [4.69, 9.17) is 10.8 Å². The second-order valence-electron chi connectivity index (χ2n) is 3.16. The molecule has 1 rings (SSSR count). The van der Waals surface area contributed by atoms with Gasteiger partial charge in [0.25, 0.3) is 0 Å². The van der Waals surface area contributed by atoms with Crippen molar-refractivity contribution in [1.82, 2.24) is 4.72 Å². The van der Waals surface area contributed by atoms with E-state index >= 15 is 0 Å². The quantitative estimate of drug-likeness (QED) is 0.551. The summed E-state index contributed by atoms with van der Waals surface area (Å²) in [5, 5.41) is 8.56. The Morgan fingerprint density at radius 2 is 2.12 bits per heavy atom. The van der Waals surface area contributed by atoms with Crippen LogP contribution >= 0.6 is 15.9 Å². The molecule has 0 bridgehead atoms. The fourth-order valence-corrected chi connectivity index (χ4v) is 2.69. The molecule has 0 aromatic heterocycles. The summed E-state index contributed by atoms with van der Waals surface area (Å²) in [7, 11) is -3.59. The number of aliphatic hydroxyl groups excluding tert-OH is 1. The van der Waals surface area contributed by atoms with E-state index in [0.717, 1.165) is 4.47 Å². The molecule has 0 unspecified atom stereocenters. The molecule has 5 nitrogen and oxygen atoms in total. The van der Waals surface area contributed by atoms with Crippen LogP contribution in [0.4, 0.5) is 5.69 Å². The molecule has 0 atom stereocenters. The number of nitrogens with one attached hydrogen (secondary N) is 1. The van der Waals surface area contributed by atoms with Crippen molar-refractivity contribution in [1.29, 1.82) is 0 Å². The molecule has 7 heteroatoms. The SMILES string of the molecule is Nc1cc(Br)ccc1S(=O)(=O)NCCCO. The van der Waals surface area contributed by atoms with Crippen molar-refractivity contribution in [2.75, 3.05) is 18.9 Å².